The van der Waals surface area contributed by atoms with Gasteiger partial charge in [0.1, 0.15) is 5.88 Å². The molecule has 2 aromatic rings. The van der Waals surface area contributed by atoms with E-state index in [0.717, 1.165) is 9.37 Å². The second kappa shape index (κ2) is 5.70. The highest BCUT2D eigenvalue weighted by Gasteiger charge is 2.06. The topological polar surface area (TPSA) is 38.9 Å². The molecule has 16 heavy (non-hydrogen) atoms. The van der Waals surface area contributed by atoms with Crippen LogP contribution in [0.1, 0.15) is 11.7 Å². The number of thioether (sulfide) groups is 1. The van der Waals surface area contributed by atoms with Crippen LogP contribution < -0.4 is 0 Å². The number of hydrogen-bond acceptors (Lipinski definition) is 4. The lowest BCUT2D eigenvalue weighted by Gasteiger charge is -2.00. The summed E-state index contributed by atoms with van der Waals surface area (Å²) in [6.45, 7) is 0. The van der Waals surface area contributed by atoms with Gasteiger partial charge >= 0.3 is 0 Å². The summed E-state index contributed by atoms with van der Waals surface area (Å²) >= 11 is 10.7. The first-order chi connectivity index (χ1) is 7.79. The van der Waals surface area contributed by atoms with Crippen LogP contribution in [0.15, 0.2) is 38.2 Å². The normalized spacial score (nSPS) is 10.6. The van der Waals surface area contributed by atoms with E-state index in [1.165, 1.54) is 0 Å². The molecule has 84 valence electrons. The van der Waals surface area contributed by atoms with Gasteiger partial charge in [0.15, 0.2) is 5.82 Å². The Morgan fingerprint density at radius 3 is 2.88 bits per heavy atom. The van der Waals surface area contributed by atoms with Crippen LogP contribution in [-0.2, 0) is 11.6 Å². The summed E-state index contributed by atoms with van der Waals surface area (Å²) in [6.07, 6.45) is 0. The van der Waals surface area contributed by atoms with E-state index in [1.54, 1.807) is 11.8 Å². The molecule has 0 aliphatic rings. The molecule has 0 unspecified atom stereocenters. The molecule has 3 nitrogen and oxygen atoms in total. The third-order valence-electron chi connectivity index (χ3n) is 1.82. The fraction of sp³-hybridized carbons (Fsp3) is 0.200. The second-order valence-corrected chi connectivity index (χ2v) is 5.10. The molecule has 0 saturated heterocycles. The average molecular weight is 320 g/mol. The molecule has 1 heterocycles. The molecule has 0 atom stereocenters. The van der Waals surface area contributed by atoms with Crippen LogP contribution in [0, 0.1) is 0 Å². The predicted molar refractivity (Wildman–Crippen MR) is 67.6 cm³/mol. The van der Waals surface area contributed by atoms with Crippen LogP contribution in [0.3, 0.4) is 0 Å². The zero-order valence-corrected chi connectivity index (χ0v) is 11.3. The largest absolute Gasteiger partial charge is 0.338 e. The van der Waals surface area contributed by atoms with Gasteiger partial charge in [0.2, 0.25) is 5.89 Å². The van der Waals surface area contributed by atoms with Crippen molar-refractivity contribution < 1.29 is 4.52 Å². The van der Waals surface area contributed by atoms with Crippen molar-refractivity contribution in [3.63, 3.8) is 0 Å². The molecule has 0 amide bonds. The predicted octanol–water partition coefficient (Wildman–Crippen LogP) is 3.86. The van der Waals surface area contributed by atoms with E-state index in [1.807, 2.05) is 24.3 Å². The van der Waals surface area contributed by atoms with Gasteiger partial charge in [-0.15, -0.1) is 23.4 Å². The summed E-state index contributed by atoms with van der Waals surface area (Å²) in [7, 11) is 0. The Balaban J connectivity index is 1.99. The van der Waals surface area contributed by atoms with Gasteiger partial charge in [-0.25, -0.2) is 0 Å². The lowest BCUT2D eigenvalue weighted by Crippen LogP contribution is -1.85. The minimum atomic E-state index is 0.257. The van der Waals surface area contributed by atoms with Crippen LogP contribution in [0.2, 0.25) is 0 Å². The van der Waals surface area contributed by atoms with Crippen molar-refractivity contribution in [1.82, 2.24) is 10.1 Å². The van der Waals surface area contributed by atoms with Crippen LogP contribution in [0.4, 0.5) is 0 Å². The summed E-state index contributed by atoms with van der Waals surface area (Å²) in [4.78, 5) is 5.28. The van der Waals surface area contributed by atoms with Crippen LogP contribution >= 0.6 is 39.3 Å². The molecule has 0 aliphatic carbocycles. The Morgan fingerprint density at radius 1 is 1.38 bits per heavy atom. The maximum Gasteiger partial charge on any atom is 0.241 e. The first kappa shape index (κ1) is 12.0. The van der Waals surface area contributed by atoms with E-state index < -0.39 is 0 Å². The fourth-order valence-electron chi connectivity index (χ4n) is 1.11. The molecule has 0 N–H and O–H groups in total. The van der Waals surface area contributed by atoms with E-state index in [4.69, 9.17) is 16.1 Å². The Hall–Kier alpha value is -0.520. The third-order valence-corrected chi connectivity index (χ3v) is 4.07. The second-order valence-electron chi connectivity index (χ2n) is 2.96. The van der Waals surface area contributed by atoms with E-state index in [2.05, 4.69) is 26.1 Å². The molecule has 1 aromatic carbocycles. The number of nitrogens with zero attached hydrogens (tertiary/aromatic N) is 2. The number of halogens is 2. The Bertz CT molecular complexity index is 477. The lowest BCUT2D eigenvalue weighted by molar-refractivity contribution is 0.386. The fourth-order valence-corrected chi connectivity index (χ4v) is 2.63. The molecule has 0 fully saturated rings. The highest BCUT2D eigenvalue weighted by molar-refractivity contribution is 9.10. The van der Waals surface area contributed by atoms with Crippen LogP contribution in [-0.4, -0.2) is 10.1 Å². The van der Waals surface area contributed by atoms with Crippen molar-refractivity contribution in [2.75, 3.05) is 0 Å². The summed E-state index contributed by atoms with van der Waals surface area (Å²) in [5, 5.41) is 3.83. The monoisotopic (exact) mass is 318 g/mol. The number of hydrogen-bond donors (Lipinski definition) is 0. The van der Waals surface area contributed by atoms with Crippen LogP contribution in [0.25, 0.3) is 0 Å². The summed E-state index contributed by atoms with van der Waals surface area (Å²) in [5.41, 5.74) is 0. The van der Waals surface area contributed by atoms with Crippen molar-refractivity contribution in [1.29, 1.82) is 0 Å². The van der Waals surface area contributed by atoms with Gasteiger partial charge in [-0.1, -0.05) is 17.3 Å². The number of rotatable bonds is 4. The standard InChI is InChI=1S/C10H8BrClN2OS/c11-7-3-1-2-4-8(7)16-6-9-13-10(5-12)15-14-9/h1-4H,5-6H2. The molecule has 1 aromatic heterocycles. The smallest absolute Gasteiger partial charge is 0.241 e. The first-order valence-corrected chi connectivity index (χ1v) is 6.85. The molecule has 0 spiro atoms. The van der Waals surface area contributed by atoms with Gasteiger partial charge in [0.05, 0.1) is 5.75 Å². The van der Waals surface area contributed by atoms with E-state index >= 15 is 0 Å². The minimum absolute atomic E-state index is 0.257. The minimum Gasteiger partial charge on any atom is -0.338 e. The quantitative estimate of drug-likeness (QED) is 0.633. The molecular weight excluding hydrogens is 312 g/mol. The zero-order valence-electron chi connectivity index (χ0n) is 8.19. The molecule has 0 bridgehead atoms. The van der Waals surface area contributed by atoms with Gasteiger partial charge in [0.25, 0.3) is 0 Å². The van der Waals surface area contributed by atoms with Crippen molar-refractivity contribution in [2.45, 2.75) is 16.5 Å². The molecule has 0 saturated carbocycles. The average Bonchev–Trinajstić information content (AvgIpc) is 2.76. The van der Waals surface area contributed by atoms with Gasteiger partial charge in [-0.2, -0.15) is 4.98 Å². The van der Waals surface area contributed by atoms with Gasteiger partial charge in [-0.3, -0.25) is 0 Å². The van der Waals surface area contributed by atoms with Gasteiger partial charge in [-0.05, 0) is 28.1 Å². The van der Waals surface area contributed by atoms with Crippen molar-refractivity contribution in [3.05, 3.63) is 40.5 Å². The molecule has 2 rings (SSSR count). The van der Waals surface area contributed by atoms with Gasteiger partial charge in [0, 0.05) is 9.37 Å². The number of benzene rings is 1. The van der Waals surface area contributed by atoms with Crippen LogP contribution in [0.5, 0.6) is 0 Å². The highest BCUT2D eigenvalue weighted by Crippen LogP contribution is 2.28. The van der Waals surface area contributed by atoms with E-state index in [-0.39, 0.29) is 5.88 Å². The van der Waals surface area contributed by atoms with Gasteiger partial charge < -0.3 is 4.52 Å². The lowest BCUT2D eigenvalue weighted by atomic mass is 10.4. The molecule has 6 heteroatoms. The summed E-state index contributed by atoms with van der Waals surface area (Å²) in [6, 6.07) is 8.02. The maximum atomic E-state index is 5.57. The van der Waals surface area contributed by atoms with Crippen molar-refractivity contribution in [3.8, 4) is 0 Å². The summed E-state index contributed by atoms with van der Waals surface area (Å²) < 4.78 is 5.98. The van der Waals surface area contributed by atoms with E-state index in [0.29, 0.717) is 17.5 Å². The molecular formula is C10H8BrClN2OS. The maximum absolute atomic E-state index is 5.57. The Labute approximate surface area is 111 Å². The third kappa shape index (κ3) is 2.99. The van der Waals surface area contributed by atoms with Crippen molar-refractivity contribution >= 4 is 39.3 Å². The molecule has 0 radical (unpaired) electrons. The number of aromatic nitrogens is 2. The van der Waals surface area contributed by atoms with Crippen molar-refractivity contribution in [2.24, 2.45) is 0 Å². The van der Waals surface area contributed by atoms with E-state index in [9.17, 15) is 0 Å². The SMILES string of the molecule is ClCc1nc(CSc2ccccc2Br)no1. The summed E-state index contributed by atoms with van der Waals surface area (Å²) in [5.74, 6) is 2.05. The highest BCUT2D eigenvalue weighted by atomic mass is 79.9. The number of alkyl halides is 1. The Morgan fingerprint density at radius 2 is 2.19 bits per heavy atom. The Kier molecular flexibility index (Phi) is 4.26. The molecule has 0 aliphatic heterocycles. The first-order valence-electron chi connectivity index (χ1n) is 4.54. The zero-order chi connectivity index (χ0) is 11.4.